The Labute approximate surface area is 117 Å². The highest BCUT2D eigenvalue weighted by Gasteiger charge is 2.28. The normalized spacial score (nSPS) is 25.4. The van der Waals surface area contributed by atoms with Crippen molar-refractivity contribution in [3.05, 3.63) is 18.0 Å². The number of nitrogens with one attached hydrogen (secondary N) is 1. The zero-order chi connectivity index (χ0) is 14.0. The van der Waals surface area contributed by atoms with Crippen LogP contribution in [-0.4, -0.2) is 39.9 Å². The summed E-state index contributed by atoms with van der Waals surface area (Å²) in [4.78, 5) is 2.58. The minimum atomic E-state index is 0.441. The average Bonchev–Trinajstić information content (AvgIpc) is 2.77. The summed E-state index contributed by atoms with van der Waals surface area (Å²) in [6.45, 7) is 14.4. The van der Waals surface area contributed by atoms with Crippen LogP contribution in [0.4, 0.5) is 0 Å². The molecule has 2 heterocycles. The summed E-state index contributed by atoms with van der Waals surface area (Å²) in [5.74, 6) is 0.673. The molecule has 4 nitrogen and oxygen atoms in total. The Morgan fingerprint density at radius 1 is 1.37 bits per heavy atom. The molecule has 4 heteroatoms. The van der Waals surface area contributed by atoms with Gasteiger partial charge in [-0.25, -0.2) is 0 Å². The van der Waals surface area contributed by atoms with E-state index in [1.54, 1.807) is 0 Å². The molecule has 2 atom stereocenters. The molecule has 0 bridgehead atoms. The molecule has 2 rings (SSSR count). The fourth-order valence-corrected chi connectivity index (χ4v) is 2.80. The number of hydrogen-bond donors (Lipinski definition) is 1. The molecular formula is C15H28N4. The Balaban J connectivity index is 2.05. The Bertz CT molecular complexity index is 397. The third-order valence-electron chi connectivity index (χ3n) is 3.98. The molecule has 1 saturated heterocycles. The summed E-state index contributed by atoms with van der Waals surface area (Å²) >= 11 is 0. The van der Waals surface area contributed by atoms with E-state index in [2.05, 4.69) is 62.2 Å². The summed E-state index contributed by atoms with van der Waals surface area (Å²) in [5.41, 5.74) is 1.19. The molecule has 0 spiro atoms. The molecule has 1 aliphatic rings. The zero-order valence-electron chi connectivity index (χ0n) is 12.9. The van der Waals surface area contributed by atoms with Crippen LogP contribution in [0.25, 0.3) is 0 Å². The third kappa shape index (κ3) is 3.57. The van der Waals surface area contributed by atoms with E-state index in [-0.39, 0.29) is 0 Å². The summed E-state index contributed by atoms with van der Waals surface area (Å²) in [6.07, 6.45) is 2.09. The van der Waals surface area contributed by atoms with Crippen LogP contribution in [0.1, 0.15) is 46.4 Å². The van der Waals surface area contributed by atoms with Gasteiger partial charge < -0.3 is 5.32 Å². The van der Waals surface area contributed by atoms with Gasteiger partial charge >= 0.3 is 0 Å². The highest BCUT2D eigenvalue weighted by atomic mass is 15.3. The monoisotopic (exact) mass is 264 g/mol. The zero-order valence-corrected chi connectivity index (χ0v) is 12.9. The number of nitrogens with zero attached hydrogens (tertiary/aromatic N) is 3. The van der Waals surface area contributed by atoms with Crippen LogP contribution < -0.4 is 5.32 Å². The van der Waals surface area contributed by atoms with Crippen molar-refractivity contribution >= 4 is 0 Å². The van der Waals surface area contributed by atoms with Crippen molar-refractivity contribution < 1.29 is 0 Å². The Kier molecular flexibility index (Phi) is 4.63. The van der Waals surface area contributed by atoms with Gasteiger partial charge in [0.05, 0.1) is 5.69 Å². The van der Waals surface area contributed by atoms with Crippen molar-refractivity contribution in [3.8, 4) is 0 Å². The average molecular weight is 264 g/mol. The minimum absolute atomic E-state index is 0.441. The van der Waals surface area contributed by atoms with Gasteiger partial charge in [0.15, 0.2) is 0 Å². The lowest BCUT2D eigenvalue weighted by Crippen LogP contribution is -2.56. The number of hydrogen-bond acceptors (Lipinski definition) is 3. The smallest absolute Gasteiger partial charge is 0.0765 e. The molecule has 0 amide bonds. The molecule has 0 aromatic carbocycles. The lowest BCUT2D eigenvalue weighted by Gasteiger charge is -2.41. The molecule has 1 fully saturated rings. The van der Waals surface area contributed by atoms with Gasteiger partial charge in [-0.05, 0) is 32.8 Å². The molecular weight excluding hydrogens is 236 g/mol. The molecule has 0 saturated carbocycles. The first-order chi connectivity index (χ1) is 8.97. The van der Waals surface area contributed by atoms with Gasteiger partial charge in [-0.2, -0.15) is 5.10 Å². The van der Waals surface area contributed by atoms with Crippen molar-refractivity contribution in [2.75, 3.05) is 13.1 Å². The SMILES string of the molecule is CC1CN(Cc2ccn(C(C)C)n2)C(C(C)C)CN1. The maximum absolute atomic E-state index is 4.68. The van der Waals surface area contributed by atoms with Gasteiger partial charge in [0.25, 0.3) is 0 Å². The highest BCUT2D eigenvalue weighted by molar-refractivity contribution is 5.01. The highest BCUT2D eigenvalue weighted by Crippen LogP contribution is 2.18. The molecule has 0 radical (unpaired) electrons. The van der Waals surface area contributed by atoms with E-state index in [1.165, 1.54) is 5.69 Å². The van der Waals surface area contributed by atoms with Crippen molar-refractivity contribution in [3.63, 3.8) is 0 Å². The molecule has 1 aromatic rings. The van der Waals surface area contributed by atoms with E-state index >= 15 is 0 Å². The molecule has 1 aliphatic heterocycles. The van der Waals surface area contributed by atoms with E-state index in [0.717, 1.165) is 19.6 Å². The van der Waals surface area contributed by atoms with Gasteiger partial charge in [-0.15, -0.1) is 0 Å². The Hall–Kier alpha value is -0.870. The van der Waals surface area contributed by atoms with Crippen molar-refractivity contribution in [1.82, 2.24) is 20.0 Å². The molecule has 1 aromatic heterocycles. The predicted octanol–water partition coefficient (Wildman–Crippen LogP) is 2.28. The first-order valence-electron chi connectivity index (χ1n) is 7.49. The predicted molar refractivity (Wildman–Crippen MR) is 79.1 cm³/mol. The van der Waals surface area contributed by atoms with Crippen LogP contribution in [0.2, 0.25) is 0 Å². The summed E-state index contributed by atoms with van der Waals surface area (Å²) < 4.78 is 2.05. The van der Waals surface area contributed by atoms with Gasteiger partial charge in [0.2, 0.25) is 0 Å². The van der Waals surface area contributed by atoms with Gasteiger partial charge in [-0.1, -0.05) is 13.8 Å². The lowest BCUT2D eigenvalue weighted by molar-refractivity contribution is 0.0940. The van der Waals surface area contributed by atoms with Gasteiger partial charge in [-0.3, -0.25) is 9.58 Å². The van der Waals surface area contributed by atoms with Crippen LogP contribution in [0.15, 0.2) is 12.3 Å². The molecule has 0 aliphatic carbocycles. The quantitative estimate of drug-likeness (QED) is 0.906. The van der Waals surface area contributed by atoms with Crippen molar-refractivity contribution in [2.24, 2.45) is 5.92 Å². The second kappa shape index (κ2) is 6.06. The van der Waals surface area contributed by atoms with E-state index in [1.807, 2.05) is 4.68 Å². The van der Waals surface area contributed by atoms with Crippen LogP contribution in [0.5, 0.6) is 0 Å². The Morgan fingerprint density at radius 2 is 2.11 bits per heavy atom. The molecule has 1 N–H and O–H groups in total. The maximum Gasteiger partial charge on any atom is 0.0765 e. The van der Waals surface area contributed by atoms with Crippen LogP contribution in [0.3, 0.4) is 0 Å². The Morgan fingerprint density at radius 3 is 2.68 bits per heavy atom. The number of rotatable bonds is 4. The topological polar surface area (TPSA) is 33.1 Å². The van der Waals surface area contributed by atoms with E-state index in [0.29, 0.717) is 24.0 Å². The summed E-state index contributed by atoms with van der Waals surface area (Å²) in [5, 5.41) is 8.26. The number of aromatic nitrogens is 2. The number of piperazine rings is 1. The lowest BCUT2D eigenvalue weighted by atomic mass is 9.98. The first kappa shape index (κ1) is 14.5. The fourth-order valence-electron chi connectivity index (χ4n) is 2.80. The molecule has 2 unspecified atom stereocenters. The van der Waals surface area contributed by atoms with E-state index in [9.17, 15) is 0 Å². The largest absolute Gasteiger partial charge is 0.311 e. The van der Waals surface area contributed by atoms with E-state index in [4.69, 9.17) is 0 Å². The van der Waals surface area contributed by atoms with Crippen LogP contribution in [0, 0.1) is 5.92 Å². The second-order valence-corrected chi connectivity index (χ2v) is 6.43. The third-order valence-corrected chi connectivity index (χ3v) is 3.98. The van der Waals surface area contributed by atoms with Crippen molar-refractivity contribution in [2.45, 2.75) is 59.3 Å². The minimum Gasteiger partial charge on any atom is -0.311 e. The van der Waals surface area contributed by atoms with Crippen LogP contribution >= 0.6 is 0 Å². The van der Waals surface area contributed by atoms with Gasteiger partial charge in [0, 0.05) is 44.0 Å². The second-order valence-electron chi connectivity index (χ2n) is 6.43. The fraction of sp³-hybridized carbons (Fsp3) is 0.800. The van der Waals surface area contributed by atoms with Crippen LogP contribution in [-0.2, 0) is 6.54 Å². The summed E-state index contributed by atoms with van der Waals surface area (Å²) in [7, 11) is 0. The maximum atomic E-state index is 4.68. The van der Waals surface area contributed by atoms with Crippen molar-refractivity contribution in [1.29, 1.82) is 0 Å². The summed E-state index contributed by atoms with van der Waals surface area (Å²) in [6, 6.07) is 3.78. The first-order valence-corrected chi connectivity index (χ1v) is 7.49. The molecule has 108 valence electrons. The standard InChI is InChI=1S/C15H28N4/c1-11(2)15-8-16-13(5)9-18(15)10-14-6-7-19(17-14)12(3)4/h6-7,11-13,15-16H,8-10H2,1-5H3. The van der Waals surface area contributed by atoms with E-state index < -0.39 is 0 Å². The molecule has 19 heavy (non-hydrogen) atoms. The van der Waals surface area contributed by atoms with Gasteiger partial charge in [0.1, 0.15) is 0 Å².